The first-order valence-electron chi connectivity index (χ1n) is 1.91. The molecule has 0 rings (SSSR count). The standard InChI is InChI=1S/C4H10N/c1-3-4-5-2/h5H,2-4H2,1H3. The Morgan fingerprint density at radius 1 is 1.80 bits per heavy atom. The van der Waals surface area contributed by atoms with Crippen molar-refractivity contribution in [3.8, 4) is 0 Å². The van der Waals surface area contributed by atoms with Crippen molar-refractivity contribution < 1.29 is 0 Å². The SMILES string of the molecule is [CH2]NCCC. The van der Waals surface area contributed by atoms with Crippen LogP contribution in [0, 0.1) is 7.05 Å². The molecule has 0 unspecified atom stereocenters. The summed E-state index contributed by atoms with van der Waals surface area (Å²) in [5, 5.41) is 2.77. The minimum absolute atomic E-state index is 1.03. The highest BCUT2D eigenvalue weighted by atomic mass is 14.8. The molecule has 0 fully saturated rings. The molecule has 1 radical (unpaired) electrons. The fraction of sp³-hybridized carbons (Fsp3) is 0.750. The van der Waals surface area contributed by atoms with Crippen LogP contribution in [0.5, 0.6) is 0 Å². The Labute approximate surface area is 33.4 Å². The van der Waals surface area contributed by atoms with Crippen molar-refractivity contribution in [1.29, 1.82) is 0 Å². The third-order valence-corrected chi connectivity index (χ3v) is 0.427. The van der Waals surface area contributed by atoms with Gasteiger partial charge in [-0.3, -0.25) is 0 Å². The second kappa shape index (κ2) is 3.96. The van der Waals surface area contributed by atoms with Gasteiger partial charge in [-0.25, -0.2) is 0 Å². The molecule has 0 aliphatic heterocycles. The van der Waals surface area contributed by atoms with Gasteiger partial charge in [-0.05, 0) is 13.0 Å². The quantitative estimate of drug-likeness (QED) is 0.508. The molecule has 0 bridgehead atoms. The van der Waals surface area contributed by atoms with Crippen LogP contribution in [0.3, 0.4) is 0 Å². The largest absolute Gasteiger partial charge is 0.315 e. The topological polar surface area (TPSA) is 12.0 Å². The molecule has 31 valence electrons. The van der Waals surface area contributed by atoms with Crippen LogP contribution in [0.1, 0.15) is 13.3 Å². The van der Waals surface area contributed by atoms with Crippen LogP contribution in [0.15, 0.2) is 0 Å². The van der Waals surface area contributed by atoms with E-state index in [1.807, 2.05) is 0 Å². The summed E-state index contributed by atoms with van der Waals surface area (Å²) in [6.45, 7) is 3.14. The molecule has 0 atom stereocenters. The second-order valence-electron chi connectivity index (χ2n) is 1.000. The minimum atomic E-state index is 1.03. The van der Waals surface area contributed by atoms with E-state index in [1.54, 1.807) is 0 Å². The second-order valence-corrected chi connectivity index (χ2v) is 1.000. The van der Waals surface area contributed by atoms with Crippen LogP contribution < -0.4 is 5.32 Å². The lowest BCUT2D eigenvalue weighted by atomic mass is 10.5. The fourth-order valence-corrected chi connectivity index (χ4v) is 0.177. The van der Waals surface area contributed by atoms with E-state index in [2.05, 4.69) is 19.3 Å². The highest BCUT2D eigenvalue weighted by molar-refractivity contribution is 4.34. The van der Waals surface area contributed by atoms with Gasteiger partial charge in [0.15, 0.2) is 0 Å². The highest BCUT2D eigenvalue weighted by Crippen LogP contribution is 1.63. The van der Waals surface area contributed by atoms with Gasteiger partial charge in [0, 0.05) is 7.05 Å². The monoisotopic (exact) mass is 72.1 g/mol. The summed E-state index contributed by atoms with van der Waals surface area (Å²) in [6, 6.07) is 0. The van der Waals surface area contributed by atoms with Gasteiger partial charge in [-0.15, -0.1) is 0 Å². The molecule has 1 heteroatoms. The molecule has 1 nitrogen and oxygen atoms in total. The summed E-state index contributed by atoms with van der Waals surface area (Å²) < 4.78 is 0. The van der Waals surface area contributed by atoms with Crippen LogP contribution in [0.4, 0.5) is 0 Å². The summed E-state index contributed by atoms with van der Waals surface area (Å²) in [5.41, 5.74) is 0. The van der Waals surface area contributed by atoms with Crippen molar-refractivity contribution in [3.05, 3.63) is 7.05 Å². The van der Waals surface area contributed by atoms with Crippen molar-refractivity contribution in [3.63, 3.8) is 0 Å². The average molecular weight is 72.1 g/mol. The first kappa shape index (κ1) is 4.96. The third-order valence-electron chi connectivity index (χ3n) is 0.427. The lowest BCUT2D eigenvalue weighted by Gasteiger charge is -1.84. The van der Waals surface area contributed by atoms with E-state index >= 15 is 0 Å². The van der Waals surface area contributed by atoms with Crippen molar-refractivity contribution in [2.75, 3.05) is 6.54 Å². The molecule has 0 aromatic heterocycles. The molecular formula is C4H10N. The Morgan fingerprint density at radius 3 is 2.40 bits per heavy atom. The maximum absolute atomic E-state index is 3.43. The number of hydrogen-bond acceptors (Lipinski definition) is 1. The van der Waals surface area contributed by atoms with Gasteiger partial charge < -0.3 is 5.32 Å². The van der Waals surface area contributed by atoms with Crippen molar-refractivity contribution in [2.24, 2.45) is 0 Å². The van der Waals surface area contributed by atoms with Gasteiger partial charge in [-0.2, -0.15) is 0 Å². The average Bonchev–Trinajstić information content (AvgIpc) is 1.41. The van der Waals surface area contributed by atoms with Crippen molar-refractivity contribution in [1.82, 2.24) is 5.32 Å². The molecule has 1 N–H and O–H groups in total. The Balaban J connectivity index is 2.19. The molecular weight excluding hydrogens is 62.1 g/mol. The molecule has 0 heterocycles. The van der Waals surface area contributed by atoms with Crippen LogP contribution in [0.2, 0.25) is 0 Å². The molecule has 5 heavy (non-hydrogen) atoms. The highest BCUT2D eigenvalue weighted by Gasteiger charge is 1.65. The van der Waals surface area contributed by atoms with Gasteiger partial charge in [0.1, 0.15) is 0 Å². The summed E-state index contributed by atoms with van der Waals surface area (Å²) in [7, 11) is 3.43. The maximum Gasteiger partial charge on any atom is 0.00767 e. The summed E-state index contributed by atoms with van der Waals surface area (Å²) in [5.74, 6) is 0. The smallest absolute Gasteiger partial charge is 0.00767 e. The Morgan fingerprint density at radius 2 is 2.40 bits per heavy atom. The fourth-order valence-electron chi connectivity index (χ4n) is 0.177. The predicted molar refractivity (Wildman–Crippen MR) is 23.7 cm³/mol. The third kappa shape index (κ3) is 3.96. The zero-order valence-corrected chi connectivity index (χ0v) is 3.62. The zero-order valence-electron chi connectivity index (χ0n) is 3.62. The Bertz CT molecular complexity index is 11.1. The Hall–Kier alpha value is -0.0400. The lowest BCUT2D eigenvalue weighted by Crippen LogP contribution is -2.01. The maximum atomic E-state index is 3.43. The number of nitrogens with one attached hydrogen (secondary N) is 1. The van der Waals surface area contributed by atoms with E-state index in [0.29, 0.717) is 0 Å². The first-order valence-corrected chi connectivity index (χ1v) is 1.91. The van der Waals surface area contributed by atoms with Gasteiger partial charge in [0.05, 0.1) is 0 Å². The number of rotatable bonds is 2. The van der Waals surface area contributed by atoms with Crippen LogP contribution in [-0.4, -0.2) is 6.54 Å². The first-order chi connectivity index (χ1) is 2.41. The zero-order chi connectivity index (χ0) is 4.12. The van der Waals surface area contributed by atoms with Gasteiger partial charge in [0.25, 0.3) is 0 Å². The predicted octanol–water partition coefficient (Wildman–Crippen LogP) is 0.778. The molecule has 0 aromatic carbocycles. The molecule has 0 aromatic rings. The summed E-state index contributed by atoms with van der Waals surface area (Å²) >= 11 is 0. The lowest BCUT2D eigenvalue weighted by molar-refractivity contribution is 0.806. The minimum Gasteiger partial charge on any atom is -0.315 e. The van der Waals surface area contributed by atoms with Crippen LogP contribution >= 0.6 is 0 Å². The summed E-state index contributed by atoms with van der Waals surface area (Å²) in [4.78, 5) is 0. The van der Waals surface area contributed by atoms with E-state index < -0.39 is 0 Å². The molecule has 0 spiro atoms. The molecule has 0 saturated carbocycles. The molecule has 0 aliphatic rings. The van der Waals surface area contributed by atoms with E-state index in [9.17, 15) is 0 Å². The van der Waals surface area contributed by atoms with E-state index in [1.165, 1.54) is 6.42 Å². The Kier molecular flexibility index (Phi) is 3.93. The van der Waals surface area contributed by atoms with Gasteiger partial charge in [-0.1, -0.05) is 6.92 Å². The van der Waals surface area contributed by atoms with Crippen LogP contribution in [-0.2, 0) is 0 Å². The van der Waals surface area contributed by atoms with Gasteiger partial charge in [0.2, 0.25) is 0 Å². The normalized spacial score (nSPS) is 8.40. The van der Waals surface area contributed by atoms with E-state index in [4.69, 9.17) is 0 Å². The van der Waals surface area contributed by atoms with Gasteiger partial charge >= 0.3 is 0 Å². The van der Waals surface area contributed by atoms with Crippen molar-refractivity contribution >= 4 is 0 Å². The summed E-state index contributed by atoms with van der Waals surface area (Å²) in [6.07, 6.45) is 1.17. The molecule has 0 aliphatic carbocycles. The van der Waals surface area contributed by atoms with E-state index in [0.717, 1.165) is 6.54 Å². The van der Waals surface area contributed by atoms with E-state index in [-0.39, 0.29) is 0 Å². The van der Waals surface area contributed by atoms with Crippen molar-refractivity contribution in [2.45, 2.75) is 13.3 Å². The molecule has 0 amide bonds. The molecule has 0 saturated heterocycles. The number of hydrogen-bond donors (Lipinski definition) is 1. The van der Waals surface area contributed by atoms with Crippen LogP contribution in [0.25, 0.3) is 0 Å².